The van der Waals surface area contributed by atoms with Crippen molar-refractivity contribution in [1.82, 2.24) is 0 Å². The Kier molecular flexibility index (Phi) is 6.06. The molecule has 0 N–H and O–H groups in total. The summed E-state index contributed by atoms with van der Waals surface area (Å²) < 4.78 is 15.9. The molecular weight excluding hydrogens is 318 g/mol. The molecule has 0 amide bonds. The highest BCUT2D eigenvalue weighted by Crippen LogP contribution is 2.40. The molecule has 0 aromatic heterocycles. The minimum atomic E-state index is -0.173. The van der Waals surface area contributed by atoms with E-state index in [0.29, 0.717) is 22.8 Å². The summed E-state index contributed by atoms with van der Waals surface area (Å²) >= 11 is 0. The highest BCUT2D eigenvalue weighted by atomic mass is 16.5. The Morgan fingerprint density at radius 3 is 2.28 bits per heavy atom. The van der Waals surface area contributed by atoms with E-state index in [0.717, 1.165) is 11.3 Å². The fraction of sp³-hybridized carbons (Fsp3) is 0.250. The van der Waals surface area contributed by atoms with Crippen LogP contribution in [0.15, 0.2) is 42.5 Å². The zero-order chi connectivity index (χ0) is 18.4. The first-order valence-electron chi connectivity index (χ1n) is 7.80. The van der Waals surface area contributed by atoms with E-state index in [1.165, 1.54) is 27.4 Å². The average molecular weight is 341 g/mol. The topological polar surface area (TPSA) is 48.0 Å². The van der Waals surface area contributed by atoms with Crippen LogP contribution in [0.1, 0.15) is 15.9 Å². The number of ether oxygens (including phenoxy) is 3. The monoisotopic (exact) mass is 341 g/mol. The normalized spacial score (nSPS) is 10.6. The Labute approximate surface area is 148 Å². The second kappa shape index (κ2) is 8.24. The van der Waals surface area contributed by atoms with Crippen LogP contribution in [-0.2, 0) is 0 Å². The minimum Gasteiger partial charge on any atom is -0.493 e. The van der Waals surface area contributed by atoms with Gasteiger partial charge in [0, 0.05) is 19.8 Å². The molecule has 0 saturated heterocycles. The molecule has 132 valence electrons. The Morgan fingerprint density at radius 2 is 1.68 bits per heavy atom. The molecule has 2 rings (SSSR count). The highest BCUT2D eigenvalue weighted by Gasteiger charge is 2.19. The Bertz CT molecular complexity index is 781. The Morgan fingerprint density at radius 1 is 0.960 bits per heavy atom. The summed E-state index contributed by atoms with van der Waals surface area (Å²) in [6.07, 6.45) is 3.31. The van der Waals surface area contributed by atoms with Crippen molar-refractivity contribution in [3.8, 4) is 17.2 Å². The third-order valence-electron chi connectivity index (χ3n) is 3.78. The number of allylic oxidation sites excluding steroid dienone is 1. The molecule has 0 radical (unpaired) electrons. The molecule has 0 spiro atoms. The molecule has 0 bridgehead atoms. The van der Waals surface area contributed by atoms with E-state index in [1.54, 1.807) is 18.2 Å². The summed E-state index contributed by atoms with van der Waals surface area (Å²) in [5.74, 6) is 1.10. The van der Waals surface area contributed by atoms with Crippen LogP contribution in [0, 0.1) is 0 Å². The van der Waals surface area contributed by atoms with Crippen molar-refractivity contribution in [2.75, 3.05) is 40.3 Å². The maximum absolute atomic E-state index is 12.6. The number of anilines is 1. The lowest BCUT2D eigenvalue weighted by Gasteiger charge is -2.14. The molecule has 0 fully saturated rings. The molecule has 2 aromatic rings. The van der Waals surface area contributed by atoms with E-state index in [4.69, 9.17) is 14.2 Å². The summed E-state index contributed by atoms with van der Waals surface area (Å²) in [4.78, 5) is 14.6. The summed E-state index contributed by atoms with van der Waals surface area (Å²) in [6.45, 7) is 0. The zero-order valence-corrected chi connectivity index (χ0v) is 15.2. The van der Waals surface area contributed by atoms with Gasteiger partial charge in [-0.05, 0) is 35.9 Å². The van der Waals surface area contributed by atoms with Crippen molar-refractivity contribution in [2.45, 2.75) is 0 Å². The third kappa shape index (κ3) is 4.12. The van der Waals surface area contributed by atoms with Gasteiger partial charge in [-0.2, -0.15) is 0 Å². The third-order valence-corrected chi connectivity index (χ3v) is 3.78. The van der Waals surface area contributed by atoms with Crippen LogP contribution in [0.3, 0.4) is 0 Å². The number of rotatable bonds is 7. The summed E-state index contributed by atoms with van der Waals surface area (Å²) in [5, 5.41) is 0. The van der Waals surface area contributed by atoms with Gasteiger partial charge in [-0.3, -0.25) is 4.79 Å². The molecule has 0 aliphatic rings. The van der Waals surface area contributed by atoms with Crippen LogP contribution in [0.25, 0.3) is 6.08 Å². The van der Waals surface area contributed by atoms with Gasteiger partial charge in [-0.25, -0.2) is 0 Å². The number of methoxy groups -OCH3 is 3. The first-order chi connectivity index (χ1) is 12.0. The fourth-order valence-electron chi connectivity index (χ4n) is 2.46. The molecule has 5 heteroatoms. The molecule has 25 heavy (non-hydrogen) atoms. The molecule has 0 unspecified atom stereocenters. The predicted molar refractivity (Wildman–Crippen MR) is 100 cm³/mol. The molecule has 0 saturated carbocycles. The van der Waals surface area contributed by atoms with Crippen LogP contribution in [0.2, 0.25) is 0 Å². The Balaban J connectivity index is 2.33. The van der Waals surface area contributed by atoms with Crippen molar-refractivity contribution in [1.29, 1.82) is 0 Å². The first-order valence-corrected chi connectivity index (χ1v) is 7.80. The number of nitrogens with zero attached hydrogens (tertiary/aromatic N) is 1. The number of ketones is 1. The van der Waals surface area contributed by atoms with E-state index >= 15 is 0 Å². The van der Waals surface area contributed by atoms with Crippen molar-refractivity contribution < 1.29 is 19.0 Å². The van der Waals surface area contributed by atoms with Gasteiger partial charge in [-0.1, -0.05) is 18.2 Å². The molecule has 0 atom stereocenters. The van der Waals surface area contributed by atoms with Crippen LogP contribution < -0.4 is 19.1 Å². The summed E-state index contributed by atoms with van der Waals surface area (Å²) in [6, 6.07) is 11.3. The van der Waals surface area contributed by atoms with E-state index in [1.807, 2.05) is 43.3 Å². The van der Waals surface area contributed by atoms with Crippen LogP contribution in [0.5, 0.6) is 17.2 Å². The lowest BCUT2D eigenvalue weighted by atomic mass is 10.1. The van der Waals surface area contributed by atoms with Crippen LogP contribution >= 0.6 is 0 Å². The van der Waals surface area contributed by atoms with Gasteiger partial charge in [0.1, 0.15) is 0 Å². The lowest BCUT2D eigenvalue weighted by Crippen LogP contribution is -2.08. The molecule has 5 nitrogen and oxygen atoms in total. The van der Waals surface area contributed by atoms with Crippen molar-refractivity contribution in [2.24, 2.45) is 0 Å². The molecule has 0 aliphatic carbocycles. The van der Waals surface area contributed by atoms with Crippen molar-refractivity contribution >= 4 is 17.5 Å². The fourth-order valence-corrected chi connectivity index (χ4v) is 2.46. The van der Waals surface area contributed by atoms with Crippen molar-refractivity contribution in [3.05, 3.63) is 53.6 Å². The van der Waals surface area contributed by atoms with Gasteiger partial charge in [0.05, 0.1) is 26.9 Å². The van der Waals surface area contributed by atoms with Gasteiger partial charge < -0.3 is 19.1 Å². The SMILES string of the molecule is COc1ccc(C(=O)/C=C/c2cccc(N(C)C)c2)c(OC)c1OC. The van der Waals surface area contributed by atoms with Gasteiger partial charge >= 0.3 is 0 Å². The Hall–Kier alpha value is -2.95. The smallest absolute Gasteiger partial charge is 0.204 e. The van der Waals surface area contributed by atoms with E-state index < -0.39 is 0 Å². The van der Waals surface area contributed by atoms with Crippen LogP contribution in [0.4, 0.5) is 5.69 Å². The lowest BCUT2D eigenvalue weighted by molar-refractivity contribution is 0.104. The second-order valence-corrected chi connectivity index (χ2v) is 5.57. The van der Waals surface area contributed by atoms with Crippen LogP contribution in [-0.4, -0.2) is 41.2 Å². The first kappa shape index (κ1) is 18.4. The molecular formula is C20H23NO4. The zero-order valence-electron chi connectivity index (χ0n) is 15.2. The standard InChI is InChI=1S/C20H23NO4/c1-21(2)15-8-6-7-14(13-15)9-11-17(22)16-10-12-18(23-3)20(25-5)19(16)24-4/h6-13H,1-5H3/b11-9+. The number of hydrogen-bond acceptors (Lipinski definition) is 5. The van der Waals surface area contributed by atoms with Gasteiger partial charge in [-0.15, -0.1) is 0 Å². The molecule has 0 aliphatic heterocycles. The highest BCUT2D eigenvalue weighted by molar-refractivity contribution is 6.09. The number of carbonyl (C=O) groups excluding carboxylic acids is 1. The van der Waals surface area contributed by atoms with Crippen molar-refractivity contribution in [3.63, 3.8) is 0 Å². The number of carbonyl (C=O) groups is 1. The molecule has 0 heterocycles. The largest absolute Gasteiger partial charge is 0.493 e. The maximum Gasteiger partial charge on any atom is 0.204 e. The van der Waals surface area contributed by atoms with Gasteiger partial charge in [0.15, 0.2) is 17.3 Å². The predicted octanol–water partition coefficient (Wildman–Crippen LogP) is 3.67. The second-order valence-electron chi connectivity index (χ2n) is 5.57. The van der Waals surface area contributed by atoms with E-state index in [9.17, 15) is 4.79 Å². The van der Waals surface area contributed by atoms with Gasteiger partial charge in [0.2, 0.25) is 5.75 Å². The quantitative estimate of drug-likeness (QED) is 0.568. The average Bonchev–Trinajstić information content (AvgIpc) is 2.64. The molecule has 2 aromatic carbocycles. The van der Waals surface area contributed by atoms with E-state index in [2.05, 4.69) is 0 Å². The van der Waals surface area contributed by atoms with Gasteiger partial charge in [0.25, 0.3) is 0 Å². The van der Waals surface area contributed by atoms with E-state index in [-0.39, 0.29) is 5.78 Å². The number of hydrogen-bond donors (Lipinski definition) is 0. The summed E-state index contributed by atoms with van der Waals surface area (Å²) in [5.41, 5.74) is 2.43. The minimum absolute atomic E-state index is 0.173. The maximum atomic E-state index is 12.6. The summed E-state index contributed by atoms with van der Waals surface area (Å²) in [7, 11) is 8.50. The number of benzene rings is 2.